The molecule has 0 saturated carbocycles. The number of amides is 1. The van der Waals surface area contributed by atoms with Crippen LogP contribution in [0.3, 0.4) is 0 Å². The molecule has 4 rings (SSSR count). The number of pyridine rings is 1. The third kappa shape index (κ3) is 4.44. The zero-order valence-corrected chi connectivity index (χ0v) is 17.2. The summed E-state index contributed by atoms with van der Waals surface area (Å²) in [5.41, 5.74) is 3.86. The van der Waals surface area contributed by atoms with Gasteiger partial charge in [0.1, 0.15) is 16.6 Å². The number of anilines is 3. The van der Waals surface area contributed by atoms with Crippen molar-refractivity contribution in [1.29, 1.82) is 0 Å². The van der Waals surface area contributed by atoms with Crippen LogP contribution < -0.4 is 15.4 Å². The van der Waals surface area contributed by atoms with Gasteiger partial charge in [0.25, 0.3) is 0 Å². The Morgan fingerprint density at radius 1 is 0.967 bits per heavy atom. The van der Waals surface area contributed by atoms with Crippen LogP contribution in [0.5, 0.6) is 5.75 Å². The molecule has 150 valence electrons. The Morgan fingerprint density at radius 3 is 2.40 bits per heavy atom. The van der Waals surface area contributed by atoms with Crippen LogP contribution >= 0.6 is 11.3 Å². The summed E-state index contributed by atoms with van der Waals surface area (Å²) in [4.78, 5) is 15.6. The Morgan fingerprint density at radius 2 is 1.70 bits per heavy atom. The fourth-order valence-electron chi connectivity index (χ4n) is 2.88. The van der Waals surface area contributed by atoms with Gasteiger partial charge < -0.3 is 15.4 Å². The highest BCUT2D eigenvalue weighted by Crippen LogP contribution is 2.31. The van der Waals surface area contributed by atoms with Gasteiger partial charge in [0.2, 0.25) is 11.0 Å². The summed E-state index contributed by atoms with van der Waals surface area (Å²) in [5.74, 6) is 1.41. The molecular formula is C22H19N5O2S. The van der Waals surface area contributed by atoms with E-state index in [1.165, 1.54) is 18.3 Å². The van der Waals surface area contributed by atoms with E-state index in [2.05, 4.69) is 25.8 Å². The SMILES string of the molecule is COc1ccc(-c2cccnc2Nc2ccc(-c3nnc(NC(C)=O)s3)cc2)cc1. The van der Waals surface area contributed by atoms with Crippen molar-refractivity contribution in [2.24, 2.45) is 0 Å². The Balaban J connectivity index is 1.54. The minimum absolute atomic E-state index is 0.166. The first-order chi connectivity index (χ1) is 14.6. The molecule has 0 fully saturated rings. The molecule has 2 N–H and O–H groups in total. The van der Waals surface area contributed by atoms with E-state index in [1.807, 2.05) is 60.7 Å². The van der Waals surface area contributed by atoms with Gasteiger partial charge in [-0.1, -0.05) is 23.5 Å². The van der Waals surface area contributed by atoms with Gasteiger partial charge in [-0.15, -0.1) is 10.2 Å². The Kier molecular flexibility index (Phi) is 5.67. The summed E-state index contributed by atoms with van der Waals surface area (Å²) in [6.07, 6.45) is 1.76. The third-order valence-electron chi connectivity index (χ3n) is 4.31. The number of carbonyl (C=O) groups is 1. The van der Waals surface area contributed by atoms with Crippen molar-refractivity contribution in [3.63, 3.8) is 0 Å². The van der Waals surface area contributed by atoms with Gasteiger partial charge in [0, 0.05) is 29.9 Å². The highest BCUT2D eigenvalue weighted by atomic mass is 32.1. The van der Waals surface area contributed by atoms with Crippen LogP contribution in [0.25, 0.3) is 21.7 Å². The molecule has 0 bridgehead atoms. The molecule has 7 nitrogen and oxygen atoms in total. The number of ether oxygens (including phenoxy) is 1. The van der Waals surface area contributed by atoms with E-state index in [0.717, 1.165) is 39.0 Å². The summed E-state index contributed by atoms with van der Waals surface area (Å²) in [5, 5.41) is 15.4. The van der Waals surface area contributed by atoms with E-state index in [-0.39, 0.29) is 5.91 Å². The van der Waals surface area contributed by atoms with E-state index in [1.54, 1.807) is 13.3 Å². The molecular weight excluding hydrogens is 398 g/mol. The number of nitrogens with one attached hydrogen (secondary N) is 2. The normalized spacial score (nSPS) is 10.5. The topological polar surface area (TPSA) is 89.0 Å². The van der Waals surface area contributed by atoms with Crippen molar-refractivity contribution in [1.82, 2.24) is 15.2 Å². The predicted molar refractivity (Wildman–Crippen MR) is 119 cm³/mol. The van der Waals surface area contributed by atoms with Crippen molar-refractivity contribution in [3.05, 3.63) is 66.9 Å². The highest BCUT2D eigenvalue weighted by Gasteiger charge is 2.10. The molecule has 0 atom stereocenters. The Labute approximate surface area is 177 Å². The molecule has 0 aliphatic heterocycles. The molecule has 0 spiro atoms. The molecule has 30 heavy (non-hydrogen) atoms. The van der Waals surface area contributed by atoms with Gasteiger partial charge in [0.15, 0.2) is 0 Å². The van der Waals surface area contributed by atoms with Gasteiger partial charge in [-0.25, -0.2) is 4.98 Å². The minimum Gasteiger partial charge on any atom is -0.497 e. The van der Waals surface area contributed by atoms with Gasteiger partial charge in [-0.3, -0.25) is 4.79 Å². The summed E-state index contributed by atoms with van der Waals surface area (Å²) >= 11 is 1.33. The molecule has 2 aromatic carbocycles. The molecule has 8 heteroatoms. The van der Waals surface area contributed by atoms with E-state index < -0.39 is 0 Å². The van der Waals surface area contributed by atoms with Crippen LogP contribution in [0, 0.1) is 0 Å². The first-order valence-corrected chi connectivity index (χ1v) is 10.0. The molecule has 0 saturated heterocycles. The first kappa shape index (κ1) is 19.5. The van der Waals surface area contributed by atoms with Gasteiger partial charge in [0.05, 0.1) is 7.11 Å². The Bertz CT molecular complexity index is 1160. The molecule has 0 radical (unpaired) electrons. The molecule has 4 aromatic rings. The lowest BCUT2D eigenvalue weighted by Gasteiger charge is -2.12. The second kappa shape index (κ2) is 8.71. The molecule has 1 amide bonds. The fraction of sp³-hybridized carbons (Fsp3) is 0.0909. The predicted octanol–water partition coefficient (Wildman–Crippen LogP) is 4.98. The van der Waals surface area contributed by atoms with Gasteiger partial charge in [-0.05, 0) is 54.1 Å². The summed E-state index contributed by atoms with van der Waals surface area (Å²) in [6.45, 7) is 1.44. The fourth-order valence-corrected chi connectivity index (χ4v) is 3.68. The van der Waals surface area contributed by atoms with E-state index >= 15 is 0 Å². The van der Waals surface area contributed by atoms with Crippen LogP contribution in [-0.4, -0.2) is 28.2 Å². The number of nitrogens with zero attached hydrogens (tertiary/aromatic N) is 3. The second-order valence-electron chi connectivity index (χ2n) is 6.42. The number of carbonyl (C=O) groups excluding carboxylic acids is 1. The van der Waals surface area contributed by atoms with E-state index in [4.69, 9.17) is 4.74 Å². The quantitative estimate of drug-likeness (QED) is 0.460. The van der Waals surface area contributed by atoms with Crippen molar-refractivity contribution < 1.29 is 9.53 Å². The monoisotopic (exact) mass is 417 g/mol. The first-order valence-electron chi connectivity index (χ1n) is 9.20. The van der Waals surface area contributed by atoms with Crippen LogP contribution in [0.2, 0.25) is 0 Å². The summed E-state index contributed by atoms with van der Waals surface area (Å²) < 4.78 is 5.24. The molecule has 2 aromatic heterocycles. The average Bonchev–Trinajstić information content (AvgIpc) is 3.22. The number of rotatable bonds is 6. The van der Waals surface area contributed by atoms with Crippen molar-refractivity contribution in [2.45, 2.75) is 6.92 Å². The zero-order valence-electron chi connectivity index (χ0n) is 16.4. The number of aromatic nitrogens is 3. The van der Waals surface area contributed by atoms with Crippen LogP contribution in [0.4, 0.5) is 16.6 Å². The lowest BCUT2D eigenvalue weighted by molar-refractivity contribution is -0.114. The molecule has 0 unspecified atom stereocenters. The lowest BCUT2D eigenvalue weighted by atomic mass is 10.1. The van der Waals surface area contributed by atoms with Crippen LogP contribution in [0.15, 0.2) is 66.9 Å². The summed E-state index contributed by atoms with van der Waals surface area (Å²) in [7, 11) is 1.65. The maximum Gasteiger partial charge on any atom is 0.223 e. The molecule has 0 aliphatic rings. The summed E-state index contributed by atoms with van der Waals surface area (Å²) in [6, 6.07) is 19.6. The average molecular weight is 417 g/mol. The van der Waals surface area contributed by atoms with E-state index in [0.29, 0.717) is 5.13 Å². The minimum atomic E-state index is -0.166. The zero-order chi connectivity index (χ0) is 20.9. The molecule has 0 aliphatic carbocycles. The highest BCUT2D eigenvalue weighted by molar-refractivity contribution is 7.18. The number of methoxy groups -OCH3 is 1. The number of hydrogen-bond donors (Lipinski definition) is 2. The smallest absolute Gasteiger partial charge is 0.223 e. The van der Waals surface area contributed by atoms with Gasteiger partial charge in [-0.2, -0.15) is 0 Å². The maximum atomic E-state index is 11.1. The third-order valence-corrected chi connectivity index (χ3v) is 5.20. The van der Waals surface area contributed by atoms with E-state index in [9.17, 15) is 4.79 Å². The number of hydrogen-bond acceptors (Lipinski definition) is 7. The lowest BCUT2D eigenvalue weighted by Crippen LogP contribution is -2.04. The largest absolute Gasteiger partial charge is 0.497 e. The van der Waals surface area contributed by atoms with Gasteiger partial charge >= 0.3 is 0 Å². The van der Waals surface area contributed by atoms with Crippen molar-refractivity contribution in [3.8, 4) is 27.4 Å². The maximum absolute atomic E-state index is 11.1. The van der Waals surface area contributed by atoms with Crippen molar-refractivity contribution in [2.75, 3.05) is 17.7 Å². The number of benzene rings is 2. The Hall–Kier alpha value is -3.78. The molecule has 2 heterocycles. The van der Waals surface area contributed by atoms with Crippen LogP contribution in [0.1, 0.15) is 6.92 Å². The second-order valence-corrected chi connectivity index (χ2v) is 7.40. The van der Waals surface area contributed by atoms with Crippen molar-refractivity contribution >= 4 is 33.9 Å². The standard InChI is InChI=1S/C22H19N5O2S/c1-14(28)24-22-27-26-21(30-22)16-5-9-17(10-6-16)25-20-19(4-3-13-23-20)15-7-11-18(29-2)12-8-15/h3-13H,1-2H3,(H,23,25)(H,24,27,28). The van der Waals surface area contributed by atoms with Crippen LogP contribution in [-0.2, 0) is 4.79 Å².